The number of ether oxygens (including phenoxy) is 2. The van der Waals surface area contributed by atoms with Crippen LogP contribution in [0.4, 0.5) is 4.39 Å². The van der Waals surface area contributed by atoms with Gasteiger partial charge in [0.2, 0.25) is 5.91 Å². The molecule has 33 heavy (non-hydrogen) atoms. The van der Waals surface area contributed by atoms with E-state index in [-0.39, 0.29) is 30.1 Å². The molecule has 1 aliphatic heterocycles. The number of halogens is 1. The number of rotatable bonds is 7. The second kappa shape index (κ2) is 9.41. The number of aromatic amines is 1. The number of hydrogen-bond acceptors (Lipinski definition) is 5. The zero-order valence-electron chi connectivity index (χ0n) is 18.0. The molecule has 2 aromatic carbocycles. The maximum absolute atomic E-state index is 13.7. The number of benzene rings is 2. The molecule has 1 atom stereocenters. The summed E-state index contributed by atoms with van der Waals surface area (Å²) in [5.41, 5.74) is 3.40. The highest BCUT2D eigenvalue weighted by Crippen LogP contribution is 2.22. The second-order valence-electron chi connectivity index (χ2n) is 7.91. The molecule has 8 nitrogen and oxygen atoms in total. The lowest BCUT2D eigenvalue weighted by Crippen LogP contribution is -2.43. The molecule has 1 aliphatic rings. The predicted molar refractivity (Wildman–Crippen MR) is 119 cm³/mol. The van der Waals surface area contributed by atoms with Crippen LogP contribution in [0.2, 0.25) is 0 Å². The van der Waals surface area contributed by atoms with Crippen molar-refractivity contribution < 1.29 is 18.7 Å². The Kier molecular flexibility index (Phi) is 6.03. The van der Waals surface area contributed by atoms with E-state index in [0.717, 1.165) is 22.4 Å². The Labute approximate surface area is 189 Å². The summed E-state index contributed by atoms with van der Waals surface area (Å²) in [5.74, 6) is -0.139. The van der Waals surface area contributed by atoms with Gasteiger partial charge in [0.05, 0.1) is 42.8 Å². The predicted octanol–water partition coefficient (Wildman–Crippen LogP) is 3.12. The van der Waals surface area contributed by atoms with E-state index in [0.29, 0.717) is 32.7 Å². The van der Waals surface area contributed by atoms with E-state index in [2.05, 4.69) is 15.2 Å². The van der Waals surface area contributed by atoms with Gasteiger partial charge in [-0.2, -0.15) is 5.10 Å². The summed E-state index contributed by atoms with van der Waals surface area (Å²) in [6.45, 7) is 1.96. The van der Waals surface area contributed by atoms with Crippen LogP contribution < -0.4 is 4.74 Å². The number of nitrogens with one attached hydrogen (secondary N) is 1. The third-order valence-electron chi connectivity index (χ3n) is 5.70. The normalized spacial score (nSPS) is 16.3. The van der Waals surface area contributed by atoms with Crippen molar-refractivity contribution in [2.75, 3.05) is 26.3 Å². The zero-order valence-corrected chi connectivity index (χ0v) is 18.0. The third kappa shape index (κ3) is 4.73. The van der Waals surface area contributed by atoms with Gasteiger partial charge >= 0.3 is 0 Å². The third-order valence-corrected chi connectivity index (χ3v) is 5.70. The molecule has 0 radical (unpaired) electrons. The Hall–Kier alpha value is -3.72. The van der Waals surface area contributed by atoms with Gasteiger partial charge in [-0.15, -0.1) is 0 Å². The Balaban J connectivity index is 1.17. The van der Waals surface area contributed by atoms with Crippen LogP contribution >= 0.6 is 0 Å². The Bertz CT molecular complexity index is 1250. The smallest absolute Gasteiger partial charge is 0.242 e. The zero-order chi connectivity index (χ0) is 22.6. The fraction of sp³-hybridized carbons (Fsp3) is 0.292. The molecule has 1 N–H and O–H groups in total. The Morgan fingerprint density at radius 3 is 2.97 bits per heavy atom. The van der Waals surface area contributed by atoms with Crippen molar-refractivity contribution in [3.8, 4) is 5.75 Å². The van der Waals surface area contributed by atoms with Crippen molar-refractivity contribution in [2.45, 2.75) is 19.1 Å². The number of morpholine rings is 1. The molecule has 1 amide bonds. The summed E-state index contributed by atoms with van der Waals surface area (Å²) in [4.78, 5) is 19.1. The highest BCUT2D eigenvalue weighted by Gasteiger charge is 2.27. The number of para-hydroxylation sites is 3. The second-order valence-corrected chi connectivity index (χ2v) is 7.91. The van der Waals surface area contributed by atoms with Gasteiger partial charge in [-0.1, -0.05) is 24.3 Å². The van der Waals surface area contributed by atoms with E-state index >= 15 is 0 Å². The number of aromatic nitrogens is 4. The van der Waals surface area contributed by atoms with Crippen LogP contribution in [0, 0.1) is 5.82 Å². The minimum absolute atomic E-state index is 0.0144. The molecular formula is C24H24FN5O3. The van der Waals surface area contributed by atoms with Crippen molar-refractivity contribution in [3.05, 3.63) is 78.1 Å². The number of H-pyrrole nitrogens is 1. The maximum atomic E-state index is 13.7. The highest BCUT2D eigenvalue weighted by molar-refractivity contribution is 5.80. The molecule has 5 rings (SSSR count). The summed E-state index contributed by atoms with van der Waals surface area (Å²) in [7, 11) is 0. The summed E-state index contributed by atoms with van der Waals surface area (Å²) < 4.78 is 26.9. The van der Waals surface area contributed by atoms with Gasteiger partial charge in [0, 0.05) is 18.7 Å². The van der Waals surface area contributed by atoms with Crippen LogP contribution in [0.3, 0.4) is 0 Å². The summed E-state index contributed by atoms with van der Waals surface area (Å²) in [6, 6.07) is 16.0. The standard InChI is InChI=1S/C24H24FN5O3/c25-18-5-1-4-8-22(18)32-11-9-17-13-20(28-27-17)23-14-29(10-12-33-23)24(31)15-30-16-26-19-6-2-3-7-21(19)30/h1-8,13,16,23H,9-12,14-15H2,(H,27,28)/t23-/m1/s1. The van der Waals surface area contributed by atoms with Gasteiger partial charge in [0.25, 0.3) is 0 Å². The van der Waals surface area contributed by atoms with E-state index in [4.69, 9.17) is 9.47 Å². The summed E-state index contributed by atoms with van der Waals surface area (Å²) in [6.07, 6.45) is 1.94. The van der Waals surface area contributed by atoms with Crippen LogP contribution in [0.25, 0.3) is 11.0 Å². The van der Waals surface area contributed by atoms with Crippen LogP contribution in [-0.4, -0.2) is 56.9 Å². The van der Waals surface area contributed by atoms with Gasteiger partial charge < -0.3 is 18.9 Å². The van der Waals surface area contributed by atoms with E-state index in [1.807, 2.05) is 34.9 Å². The maximum Gasteiger partial charge on any atom is 0.242 e. The first-order valence-corrected chi connectivity index (χ1v) is 10.9. The molecular weight excluding hydrogens is 425 g/mol. The average molecular weight is 449 g/mol. The van der Waals surface area contributed by atoms with Gasteiger partial charge in [-0.25, -0.2) is 9.37 Å². The number of carbonyl (C=O) groups is 1. The lowest BCUT2D eigenvalue weighted by molar-refractivity contribution is -0.139. The molecule has 4 aromatic rings. The Morgan fingerprint density at radius 1 is 1.21 bits per heavy atom. The van der Waals surface area contributed by atoms with Gasteiger partial charge in [-0.3, -0.25) is 9.89 Å². The fourth-order valence-electron chi connectivity index (χ4n) is 3.94. The largest absolute Gasteiger partial charge is 0.490 e. The van der Waals surface area contributed by atoms with E-state index in [1.54, 1.807) is 29.4 Å². The SMILES string of the molecule is O=C(Cn1cnc2ccccc21)N1CCO[C@@H](c2cc(CCOc3ccccc3F)[nH]n2)C1. The number of amides is 1. The Morgan fingerprint density at radius 2 is 2.06 bits per heavy atom. The average Bonchev–Trinajstić information content (AvgIpc) is 3.48. The van der Waals surface area contributed by atoms with Crippen molar-refractivity contribution in [3.63, 3.8) is 0 Å². The molecule has 0 aliphatic carbocycles. The quantitative estimate of drug-likeness (QED) is 0.469. The first-order valence-electron chi connectivity index (χ1n) is 10.9. The van der Waals surface area contributed by atoms with E-state index in [9.17, 15) is 9.18 Å². The number of imidazole rings is 1. The monoisotopic (exact) mass is 449 g/mol. The van der Waals surface area contributed by atoms with Crippen molar-refractivity contribution in [1.29, 1.82) is 0 Å². The van der Waals surface area contributed by atoms with Crippen LogP contribution in [0.1, 0.15) is 17.5 Å². The molecule has 1 fully saturated rings. The lowest BCUT2D eigenvalue weighted by atomic mass is 10.2. The first-order chi connectivity index (χ1) is 16.2. The van der Waals surface area contributed by atoms with E-state index < -0.39 is 0 Å². The van der Waals surface area contributed by atoms with Crippen molar-refractivity contribution in [1.82, 2.24) is 24.6 Å². The van der Waals surface area contributed by atoms with E-state index in [1.165, 1.54) is 6.07 Å². The minimum Gasteiger partial charge on any atom is -0.490 e. The van der Waals surface area contributed by atoms with Gasteiger partial charge in [0.15, 0.2) is 11.6 Å². The molecule has 3 heterocycles. The van der Waals surface area contributed by atoms with Crippen LogP contribution in [0.15, 0.2) is 60.9 Å². The van der Waals surface area contributed by atoms with Gasteiger partial charge in [0.1, 0.15) is 12.6 Å². The summed E-state index contributed by atoms with van der Waals surface area (Å²) >= 11 is 0. The lowest BCUT2D eigenvalue weighted by Gasteiger charge is -2.32. The molecule has 9 heteroatoms. The minimum atomic E-state index is -0.383. The molecule has 2 aromatic heterocycles. The summed E-state index contributed by atoms with van der Waals surface area (Å²) in [5, 5.41) is 7.35. The van der Waals surface area contributed by atoms with Crippen LogP contribution in [-0.2, 0) is 22.5 Å². The molecule has 0 saturated carbocycles. The number of hydrogen-bond donors (Lipinski definition) is 1. The number of nitrogens with zero attached hydrogens (tertiary/aromatic N) is 4. The van der Waals surface area contributed by atoms with Crippen molar-refractivity contribution in [2.24, 2.45) is 0 Å². The molecule has 0 spiro atoms. The topological polar surface area (TPSA) is 85.3 Å². The number of carbonyl (C=O) groups excluding carboxylic acids is 1. The van der Waals surface area contributed by atoms with Crippen molar-refractivity contribution >= 4 is 16.9 Å². The molecule has 0 bridgehead atoms. The molecule has 1 saturated heterocycles. The fourth-order valence-corrected chi connectivity index (χ4v) is 3.94. The highest BCUT2D eigenvalue weighted by atomic mass is 19.1. The van der Waals surface area contributed by atoms with Crippen LogP contribution in [0.5, 0.6) is 5.75 Å². The first kappa shape index (κ1) is 21.1. The molecule has 170 valence electrons. The van der Waals surface area contributed by atoms with Gasteiger partial charge in [-0.05, 0) is 30.3 Å². The molecule has 0 unspecified atom stereocenters. The number of fused-ring (bicyclic) bond motifs is 1.